The lowest BCUT2D eigenvalue weighted by Gasteiger charge is -2.16. The average molecular weight is 464 g/mol. The maximum Gasteiger partial charge on any atom is 0.0637 e. The summed E-state index contributed by atoms with van der Waals surface area (Å²) in [6.07, 6.45) is 1.99. The standard InChI is InChI=1S/C27H34ClN5/c1-18(16-32-12-4-6-20-8-10-24(19(2)29)26(31)14-20)22-9-11-25(28)27(15-22)33-17-21-5-3-7-23(30)13-21/h3,5,7-11,13-15,18,29,32-33H,4,6,12,16-17,30-31H2,1-2H3. The van der Waals surface area contributed by atoms with Crippen LogP contribution in [0.3, 0.4) is 0 Å². The summed E-state index contributed by atoms with van der Waals surface area (Å²) in [5.74, 6) is 0.362. The maximum atomic E-state index is 7.74. The van der Waals surface area contributed by atoms with Gasteiger partial charge in [0.25, 0.3) is 0 Å². The van der Waals surface area contributed by atoms with Crippen LogP contribution in [0, 0.1) is 5.41 Å². The molecule has 0 aromatic heterocycles. The molecule has 0 fully saturated rings. The highest BCUT2D eigenvalue weighted by Gasteiger charge is 2.09. The zero-order chi connectivity index (χ0) is 23.8. The van der Waals surface area contributed by atoms with Gasteiger partial charge in [0.1, 0.15) is 0 Å². The SMILES string of the molecule is CC(=N)c1ccc(CCCNCC(C)c2ccc(Cl)c(NCc3cccc(N)c3)c2)cc1N. The van der Waals surface area contributed by atoms with Crippen LogP contribution < -0.4 is 22.1 Å². The van der Waals surface area contributed by atoms with Crippen LogP contribution in [-0.4, -0.2) is 18.8 Å². The molecule has 0 aliphatic heterocycles. The first-order valence-electron chi connectivity index (χ1n) is 11.4. The van der Waals surface area contributed by atoms with Crippen LogP contribution in [0.2, 0.25) is 5.02 Å². The van der Waals surface area contributed by atoms with Crippen molar-refractivity contribution in [3.8, 4) is 0 Å². The van der Waals surface area contributed by atoms with E-state index in [1.54, 1.807) is 6.92 Å². The Labute approximate surface area is 202 Å². The van der Waals surface area contributed by atoms with Gasteiger partial charge >= 0.3 is 0 Å². The van der Waals surface area contributed by atoms with Crippen LogP contribution in [0.25, 0.3) is 0 Å². The van der Waals surface area contributed by atoms with E-state index in [0.29, 0.717) is 28.9 Å². The lowest BCUT2D eigenvalue weighted by atomic mass is 10.00. The molecule has 1 atom stereocenters. The molecule has 6 heteroatoms. The number of aryl methyl sites for hydroxylation is 1. The topological polar surface area (TPSA) is 100.0 Å². The van der Waals surface area contributed by atoms with Crippen molar-refractivity contribution in [1.82, 2.24) is 5.32 Å². The minimum absolute atomic E-state index is 0.362. The van der Waals surface area contributed by atoms with Gasteiger partial charge in [-0.25, -0.2) is 0 Å². The first-order valence-corrected chi connectivity index (χ1v) is 11.7. The lowest BCUT2D eigenvalue weighted by Crippen LogP contribution is -2.21. The van der Waals surface area contributed by atoms with Crippen LogP contribution in [0.1, 0.15) is 48.4 Å². The number of halogens is 1. The number of benzene rings is 3. The van der Waals surface area contributed by atoms with Gasteiger partial charge in [-0.2, -0.15) is 0 Å². The van der Waals surface area contributed by atoms with Crippen molar-refractivity contribution < 1.29 is 0 Å². The summed E-state index contributed by atoms with van der Waals surface area (Å²) in [7, 11) is 0. The molecule has 3 aromatic carbocycles. The lowest BCUT2D eigenvalue weighted by molar-refractivity contribution is 0.596. The highest BCUT2D eigenvalue weighted by atomic mass is 35.5. The van der Waals surface area contributed by atoms with Gasteiger partial charge in [0, 0.05) is 35.7 Å². The highest BCUT2D eigenvalue weighted by molar-refractivity contribution is 6.33. The molecule has 0 radical (unpaired) electrons. The number of rotatable bonds is 11. The van der Waals surface area contributed by atoms with Gasteiger partial charge in [0.15, 0.2) is 0 Å². The molecule has 3 aromatic rings. The van der Waals surface area contributed by atoms with Crippen LogP contribution in [0.5, 0.6) is 0 Å². The summed E-state index contributed by atoms with van der Waals surface area (Å²) in [6.45, 7) is 6.48. The molecular formula is C27H34ClN5. The van der Waals surface area contributed by atoms with Crippen LogP contribution in [0.4, 0.5) is 17.1 Å². The molecule has 0 spiro atoms. The molecule has 5 nitrogen and oxygen atoms in total. The van der Waals surface area contributed by atoms with Gasteiger partial charge in [-0.3, -0.25) is 0 Å². The Bertz CT molecular complexity index is 1100. The predicted octanol–water partition coefficient (Wildman–Crippen LogP) is 5.83. The van der Waals surface area contributed by atoms with Crippen molar-refractivity contribution in [2.45, 2.75) is 39.2 Å². The average Bonchev–Trinajstić information content (AvgIpc) is 2.78. The molecule has 0 aliphatic rings. The zero-order valence-electron chi connectivity index (χ0n) is 19.4. The smallest absolute Gasteiger partial charge is 0.0637 e. The van der Waals surface area contributed by atoms with Gasteiger partial charge in [0.05, 0.1) is 10.7 Å². The van der Waals surface area contributed by atoms with Gasteiger partial charge in [-0.05, 0) is 79.3 Å². The number of hydrogen-bond donors (Lipinski definition) is 5. The van der Waals surface area contributed by atoms with Crippen molar-refractivity contribution in [2.75, 3.05) is 29.9 Å². The Morgan fingerprint density at radius 1 is 1.03 bits per heavy atom. The second-order valence-corrected chi connectivity index (χ2v) is 9.00. The van der Waals surface area contributed by atoms with E-state index in [4.69, 9.17) is 28.5 Å². The van der Waals surface area contributed by atoms with Gasteiger partial charge < -0.3 is 27.5 Å². The first-order chi connectivity index (χ1) is 15.8. The number of nitrogens with two attached hydrogens (primary N) is 2. The Kier molecular flexibility index (Phi) is 8.75. The van der Waals surface area contributed by atoms with Crippen LogP contribution >= 0.6 is 11.6 Å². The van der Waals surface area contributed by atoms with Gasteiger partial charge in [0.2, 0.25) is 0 Å². The van der Waals surface area contributed by atoms with Crippen LogP contribution in [0.15, 0.2) is 60.7 Å². The van der Waals surface area contributed by atoms with Gasteiger partial charge in [-0.15, -0.1) is 0 Å². The summed E-state index contributed by atoms with van der Waals surface area (Å²) >= 11 is 6.42. The summed E-state index contributed by atoms with van der Waals surface area (Å²) < 4.78 is 0. The molecule has 174 valence electrons. The molecule has 7 N–H and O–H groups in total. The predicted molar refractivity (Wildman–Crippen MR) is 143 cm³/mol. The van der Waals surface area contributed by atoms with E-state index >= 15 is 0 Å². The fourth-order valence-corrected chi connectivity index (χ4v) is 4.03. The summed E-state index contributed by atoms with van der Waals surface area (Å²) in [5, 5.41) is 15.4. The fourth-order valence-electron chi connectivity index (χ4n) is 3.85. The molecule has 0 saturated heterocycles. The first kappa shape index (κ1) is 24.6. The van der Waals surface area contributed by atoms with E-state index in [1.165, 1.54) is 11.1 Å². The summed E-state index contributed by atoms with van der Waals surface area (Å²) in [4.78, 5) is 0. The van der Waals surface area contributed by atoms with Gasteiger partial charge in [-0.1, -0.05) is 48.9 Å². The Morgan fingerprint density at radius 3 is 2.58 bits per heavy atom. The Hall–Kier alpha value is -3.02. The second-order valence-electron chi connectivity index (χ2n) is 8.59. The van der Waals surface area contributed by atoms with Crippen LogP contribution in [-0.2, 0) is 13.0 Å². The largest absolute Gasteiger partial charge is 0.399 e. The normalized spacial score (nSPS) is 11.8. The molecular weight excluding hydrogens is 430 g/mol. The molecule has 0 saturated carbocycles. The van der Waals surface area contributed by atoms with Crippen molar-refractivity contribution in [3.63, 3.8) is 0 Å². The third-order valence-corrected chi connectivity index (χ3v) is 6.11. The molecule has 0 amide bonds. The van der Waals surface area contributed by atoms with Crippen molar-refractivity contribution in [3.05, 3.63) is 87.9 Å². The zero-order valence-corrected chi connectivity index (χ0v) is 20.2. The molecule has 3 rings (SSSR count). The van der Waals surface area contributed by atoms with Crippen molar-refractivity contribution >= 4 is 34.4 Å². The third kappa shape index (κ3) is 7.24. The van der Waals surface area contributed by atoms with Crippen molar-refractivity contribution in [2.24, 2.45) is 0 Å². The minimum atomic E-state index is 0.362. The van der Waals surface area contributed by atoms with E-state index in [2.05, 4.69) is 35.8 Å². The van der Waals surface area contributed by atoms with E-state index in [-0.39, 0.29) is 0 Å². The maximum absolute atomic E-state index is 7.74. The Balaban J connectivity index is 1.46. The number of nitrogen functional groups attached to an aromatic ring is 2. The molecule has 1 unspecified atom stereocenters. The van der Waals surface area contributed by atoms with E-state index in [1.807, 2.05) is 42.5 Å². The quantitative estimate of drug-likeness (QED) is 0.140. The minimum Gasteiger partial charge on any atom is -0.399 e. The molecule has 33 heavy (non-hydrogen) atoms. The number of nitrogens with one attached hydrogen (secondary N) is 3. The second kappa shape index (κ2) is 11.7. The molecule has 0 aliphatic carbocycles. The Morgan fingerprint density at radius 2 is 1.85 bits per heavy atom. The summed E-state index contributed by atoms with van der Waals surface area (Å²) in [6, 6.07) is 20.0. The van der Waals surface area contributed by atoms with E-state index in [0.717, 1.165) is 48.4 Å². The number of hydrogen-bond acceptors (Lipinski definition) is 5. The van der Waals surface area contributed by atoms with E-state index < -0.39 is 0 Å². The highest BCUT2D eigenvalue weighted by Crippen LogP contribution is 2.27. The van der Waals surface area contributed by atoms with E-state index in [9.17, 15) is 0 Å². The number of anilines is 3. The fraction of sp³-hybridized carbons (Fsp3) is 0.296. The third-order valence-electron chi connectivity index (χ3n) is 5.78. The summed E-state index contributed by atoms with van der Waals surface area (Å²) in [5.41, 5.74) is 19.2. The molecule has 0 bridgehead atoms. The molecule has 0 heterocycles. The monoisotopic (exact) mass is 463 g/mol. The van der Waals surface area contributed by atoms with Crippen molar-refractivity contribution in [1.29, 1.82) is 5.41 Å².